The first-order valence-electron chi connectivity index (χ1n) is 6.87. The van der Waals surface area contributed by atoms with Gasteiger partial charge in [0.25, 0.3) is 0 Å². The number of methoxy groups -OCH3 is 1. The molecule has 0 N–H and O–H groups in total. The molecular formula is C15H21IO5. The third-order valence-electron chi connectivity index (χ3n) is 2.45. The summed E-state index contributed by atoms with van der Waals surface area (Å²) in [5.41, 5.74) is 0. The number of carbonyl (C=O) groups excluding carboxylic acids is 2. The summed E-state index contributed by atoms with van der Waals surface area (Å²) in [6, 6.07) is 7.09. The second kappa shape index (κ2) is 9.59. The Bertz CT molecular complexity index is 438. The Balaban J connectivity index is 2.82. The summed E-state index contributed by atoms with van der Waals surface area (Å²) in [5, 5.41) is 0. The number of hydrogen-bond acceptors (Lipinski definition) is 5. The van der Waals surface area contributed by atoms with Crippen molar-refractivity contribution in [3.8, 4) is 5.75 Å². The van der Waals surface area contributed by atoms with Crippen molar-refractivity contribution in [3.63, 3.8) is 0 Å². The molecule has 0 spiro atoms. The van der Waals surface area contributed by atoms with Crippen molar-refractivity contribution < 1.29 is 20.5 Å². The molecule has 1 aromatic rings. The zero-order valence-corrected chi connectivity index (χ0v) is 14.7. The molecule has 1 rings (SSSR count). The molecule has 0 bridgehead atoms. The number of benzene rings is 1. The van der Waals surface area contributed by atoms with Crippen LogP contribution in [0.2, 0.25) is 0 Å². The second-order valence-electron chi connectivity index (χ2n) is 4.27. The molecule has 0 aliphatic carbocycles. The summed E-state index contributed by atoms with van der Waals surface area (Å²) in [4.78, 5) is 23.4. The summed E-state index contributed by atoms with van der Waals surface area (Å²) < 4.78 is 16.7. The van der Waals surface area contributed by atoms with E-state index in [2.05, 4.69) is 0 Å². The molecule has 0 atom stereocenters. The molecule has 118 valence electrons. The average Bonchev–Trinajstić information content (AvgIpc) is 2.47. The Kier molecular flexibility index (Phi) is 8.11. The van der Waals surface area contributed by atoms with Gasteiger partial charge in [-0.15, -0.1) is 0 Å². The van der Waals surface area contributed by atoms with Crippen LogP contribution in [0, 0.1) is 3.57 Å². The van der Waals surface area contributed by atoms with E-state index >= 15 is 0 Å². The summed E-state index contributed by atoms with van der Waals surface area (Å²) >= 11 is -2.76. The van der Waals surface area contributed by atoms with Gasteiger partial charge >= 0.3 is 133 Å². The van der Waals surface area contributed by atoms with E-state index in [1.165, 1.54) is 0 Å². The molecule has 0 amide bonds. The number of ether oxygens (including phenoxy) is 1. The van der Waals surface area contributed by atoms with Crippen LogP contribution in [0.3, 0.4) is 0 Å². The topological polar surface area (TPSA) is 61.8 Å². The van der Waals surface area contributed by atoms with Crippen molar-refractivity contribution in [2.75, 3.05) is 7.11 Å². The van der Waals surface area contributed by atoms with Gasteiger partial charge in [-0.1, -0.05) is 0 Å². The first-order valence-corrected chi connectivity index (χ1v) is 9.71. The van der Waals surface area contributed by atoms with E-state index in [0.717, 1.165) is 3.57 Å². The minimum absolute atomic E-state index is 0.317. The first-order chi connectivity index (χ1) is 10.1. The van der Waals surface area contributed by atoms with Crippen molar-refractivity contribution in [2.45, 2.75) is 39.5 Å². The summed E-state index contributed by atoms with van der Waals surface area (Å²) in [6.07, 6.45) is 2.06. The number of carbonyl (C=O) groups is 2. The van der Waals surface area contributed by atoms with Crippen LogP contribution in [-0.2, 0) is 15.7 Å². The molecule has 1 aromatic carbocycles. The molecule has 0 aromatic heterocycles. The molecule has 21 heavy (non-hydrogen) atoms. The summed E-state index contributed by atoms with van der Waals surface area (Å²) in [6.45, 7) is 3.80. The van der Waals surface area contributed by atoms with Gasteiger partial charge in [0.15, 0.2) is 0 Å². The standard InChI is InChI=1S/C15H21IO5/c1-4-6-14(17)20-16(21-15(18)7-5-2)12-8-10-13(19-3)11-9-12/h8-11H,4-7H2,1-3H3. The van der Waals surface area contributed by atoms with Gasteiger partial charge in [0, 0.05) is 0 Å². The molecule has 0 heterocycles. The summed E-state index contributed by atoms with van der Waals surface area (Å²) in [5.74, 6) is 0.0694. The van der Waals surface area contributed by atoms with Crippen molar-refractivity contribution >= 4 is 32.6 Å². The Morgan fingerprint density at radius 2 is 1.43 bits per heavy atom. The van der Waals surface area contributed by atoms with Gasteiger partial charge in [0.2, 0.25) is 0 Å². The fraction of sp³-hybridized carbons (Fsp3) is 0.467. The molecular weight excluding hydrogens is 387 g/mol. The van der Waals surface area contributed by atoms with E-state index in [0.29, 0.717) is 31.4 Å². The van der Waals surface area contributed by atoms with Crippen LogP contribution in [0.5, 0.6) is 5.75 Å². The van der Waals surface area contributed by atoms with E-state index in [-0.39, 0.29) is 11.9 Å². The van der Waals surface area contributed by atoms with E-state index < -0.39 is 20.6 Å². The number of hydrogen-bond donors (Lipinski definition) is 0. The van der Waals surface area contributed by atoms with E-state index in [1.807, 2.05) is 13.8 Å². The molecule has 0 aliphatic heterocycles. The fourth-order valence-corrected chi connectivity index (χ4v) is 4.30. The molecule has 0 aliphatic rings. The van der Waals surface area contributed by atoms with Crippen LogP contribution >= 0.6 is 20.6 Å². The Morgan fingerprint density at radius 1 is 0.952 bits per heavy atom. The second-order valence-corrected chi connectivity index (χ2v) is 7.64. The van der Waals surface area contributed by atoms with Crippen molar-refractivity contribution in [3.05, 3.63) is 27.8 Å². The Hall–Kier alpha value is -1.31. The molecule has 0 saturated heterocycles. The zero-order valence-electron chi connectivity index (χ0n) is 12.6. The van der Waals surface area contributed by atoms with Crippen LogP contribution in [0.15, 0.2) is 24.3 Å². The molecule has 5 nitrogen and oxygen atoms in total. The van der Waals surface area contributed by atoms with Crippen LogP contribution < -0.4 is 4.74 Å². The average molecular weight is 408 g/mol. The van der Waals surface area contributed by atoms with Gasteiger partial charge in [-0.2, -0.15) is 0 Å². The maximum atomic E-state index is 11.7. The SMILES string of the molecule is CCCC(=O)OI(OC(=O)CCC)c1ccc(OC)cc1. The summed E-state index contributed by atoms with van der Waals surface area (Å²) in [7, 11) is 1.58. The Labute approximate surface area is 133 Å². The van der Waals surface area contributed by atoms with Gasteiger partial charge in [0.1, 0.15) is 0 Å². The van der Waals surface area contributed by atoms with E-state index in [1.54, 1.807) is 31.4 Å². The van der Waals surface area contributed by atoms with E-state index in [9.17, 15) is 9.59 Å². The minimum atomic E-state index is -2.76. The van der Waals surface area contributed by atoms with Crippen molar-refractivity contribution in [2.24, 2.45) is 0 Å². The van der Waals surface area contributed by atoms with Gasteiger partial charge in [-0.3, -0.25) is 0 Å². The molecule has 6 heteroatoms. The first kappa shape index (κ1) is 17.7. The van der Waals surface area contributed by atoms with Gasteiger partial charge < -0.3 is 0 Å². The van der Waals surface area contributed by atoms with Crippen LogP contribution in [-0.4, -0.2) is 19.0 Å². The van der Waals surface area contributed by atoms with Crippen molar-refractivity contribution in [1.29, 1.82) is 0 Å². The predicted octanol–water partition coefficient (Wildman–Crippen LogP) is 3.89. The normalized spacial score (nSPS) is 10.7. The predicted molar refractivity (Wildman–Crippen MR) is 87.7 cm³/mol. The van der Waals surface area contributed by atoms with Crippen molar-refractivity contribution in [1.82, 2.24) is 0 Å². The monoisotopic (exact) mass is 408 g/mol. The quantitative estimate of drug-likeness (QED) is 0.611. The van der Waals surface area contributed by atoms with Gasteiger partial charge in [-0.05, 0) is 0 Å². The van der Waals surface area contributed by atoms with Crippen LogP contribution in [0.25, 0.3) is 0 Å². The van der Waals surface area contributed by atoms with Gasteiger partial charge in [0.05, 0.1) is 0 Å². The molecule has 0 fully saturated rings. The molecule has 0 unspecified atom stereocenters. The van der Waals surface area contributed by atoms with Crippen LogP contribution in [0.4, 0.5) is 0 Å². The number of halogens is 1. The fourth-order valence-electron chi connectivity index (χ4n) is 1.42. The van der Waals surface area contributed by atoms with Crippen LogP contribution in [0.1, 0.15) is 39.5 Å². The van der Waals surface area contributed by atoms with E-state index in [4.69, 9.17) is 10.9 Å². The molecule has 0 radical (unpaired) electrons. The number of rotatable bonds is 8. The Morgan fingerprint density at radius 3 is 1.81 bits per heavy atom. The van der Waals surface area contributed by atoms with Gasteiger partial charge in [-0.25, -0.2) is 0 Å². The third-order valence-corrected chi connectivity index (χ3v) is 5.97. The third kappa shape index (κ3) is 6.33. The maximum absolute atomic E-state index is 11.7. The molecule has 0 saturated carbocycles. The zero-order chi connectivity index (χ0) is 15.7.